The van der Waals surface area contributed by atoms with Gasteiger partial charge in [-0.05, 0) is 18.1 Å². The molecule has 1 heterocycles. The lowest BCUT2D eigenvalue weighted by molar-refractivity contribution is -0.139. The molecular formula is C16H19N3O4. The monoisotopic (exact) mass is 317 g/mol. The van der Waals surface area contributed by atoms with Gasteiger partial charge in [0.15, 0.2) is 0 Å². The number of ether oxygens (including phenoxy) is 1. The molecule has 0 aliphatic carbocycles. The molecule has 0 saturated carbocycles. The Hall–Kier alpha value is -2.83. The van der Waals surface area contributed by atoms with Gasteiger partial charge in [-0.3, -0.25) is 4.68 Å². The minimum atomic E-state index is -1.12. The Bertz CT molecular complexity index is 682. The van der Waals surface area contributed by atoms with Crippen molar-refractivity contribution in [1.82, 2.24) is 15.1 Å². The van der Waals surface area contributed by atoms with Gasteiger partial charge in [0.05, 0.1) is 5.69 Å². The number of amides is 1. The first kappa shape index (κ1) is 16.5. The first-order valence-corrected chi connectivity index (χ1v) is 7.15. The Morgan fingerprint density at radius 2 is 2.04 bits per heavy atom. The zero-order valence-electron chi connectivity index (χ0n) is 13.0. The number of aliphatic carboxylic acids is 1. The molecule has 0 radical (unpaired) electrons. The number of benzene rings is 1. The van der Waals surface area contributed by atoms with Crippen molar-refractivity contribution in [2.45, 2.75) is 26.0 Å². The first-order chi connectivity index (χ1) is 11.0. The second kappa shape index (κ2) is 7.44. The zero-order valence-corrected chi connectivity index (χ0v) is 13.0. The van der Waals surface area contributed by atoms with Crippen molar-refractivity contribution >= 4 is 12.1 Å². The minimum Gasteiger partial charge on any atom is -0.480 e. The number of rotatable bonds is 6. The minimum absolute atomic E-state index is 0.0882. The summed E-state index contributed by atoms with van der Waals surface area (Å²) in [6, 6.07) is 8.10. The van der Waals surface area contributed by atoms with E-state index >= 15 is 0 Å². The molecule has 0 saturated heterocycles. The number of hydrogen-bond acceptors (Lipinski definition) is 4. The van der Waals surface area contributed by atoms with Crippen LogP contribution in [0.2, 0.25) is 0 Å². The van der Waals surface area contributed by atoms with Crippen LogP contribution in [0, 0.1) is 6.92 Å². The van der Waals surface area contributed by atoms with Gasteiger partial charge in [0.25, 0.3) is 0 Å². The van der Waals surface area contributed by atoms with Gasteiger partial charge in [0.2, 0.25) is 0 Å². The number of carbonyl (C=O) groups excluding carboxylic acids is 1. The summed E-state index contributed by atoms with van der Waals surface area (Å²) in [4.78, 5) is 23.1. The van der Waals surface area contributed by atoms with Crippen LogP contribution in [0.25, 0.3) is 0 Å². The smallest absolute Gasteiger partial charge is 0.408 e. The van der Waals surface area contributed by atoms with E-state index in [1.807, 2.05) is 30.3 Å². The van der Waals surface area contributed by atoms with Gasteiger partial charge < -0.3 is 15.2 Å². The molecular weight excluding hydrogens is 298 g/mol. The van der Waals surface area contributed by atoms with Crippen LogP contribution >= 0.6 is 0 Å². The van der Waals surface area contributed by atoms with E-state index in [1.165, 1.54) is 0 Å². The lowest BCUT2D eigenvalue weighted by atomic mass is 10.1. The molecule has 1 unspecified atom stereocenters. The summed E-state index contributed by atoms with van der Waals surface area (Å²) in [6.45, 7) is 1.88. The summed E-state index contributed by atoms with van der Waals surface area (Å²) in [5, 5.41) is 15.8. The number of aryl methyl sites for hydroxylation is 2. The van der Waals surface area contributed by atoms with Gasteiger partial charge in [-0.1, -0.05) is 30.3 Å². The van der Waals surface area contributed by atoms with E-state index in [0.29, 0.717) is 0 Å². The SMILES string of the molecule is Cc1nn(C)cc1CC(NC(=O)OCc1ccccc1)C(=O)O. The van der Waals surface area contributed by atoms with Gasteiger partial charge in [-0.15, -0.1) is 0 Å². The van der Waals surface area contributed by atoms with Crippen LogP contribution in [-0.2, 0) is 29.6 Å². The highest BCUT2D eigenvalue weighted by molar-refractivity contribution is 5.80. The van der Waals surface area contributed by atoms with Crippen LogP contribution in [0.1, 0.15) is 16.8 Å². The van der Waals surface area contributed by atoms with Gasteiger partial charge in [-0.2, -0.15) is 5.10 Å². The predicted molar refractivity (Wildman–Crippen MR) is 82.8 cm³/mol. The molecule has 2 N–H and O–H groups in total. The van der Waals surface area contributed by atoms with Crippen molar-refractivity contribution in [3.8, 4) is 0 Å². The van der Waals surface area contributed by atoms with Crippen molar-refractivity contribution in [2.24, 2.45) is 7.05 Å². The molecule has 0 aliphatic heterocycles. The third-order valence-corrected chi connectivity index (χ3v) is 3.34. The van der Waals surface area contributed by atoms with Gasteiger partial charge >= 0.3 is 12.1 Å². The summed E-state index contributed by atoms with van der Waals surface area (Å²) < 4.78 is 6.66. The first-order valence-electron chi connectivity index (χ1n) is 7.15. The molecule has 0 aliphatic rings. The quantitative estimate of drug-likeness (QED) is 0.845. The van der Waals surface area contributed by atoms with E-state index in [1.54, 1.807) is 24.9 Å². The summed E-state index contributed by atoms with van der Waals surface area (Å²) in [7, 11) is 1.76. The fourth-order valence-corrected chi connectivity index (χ4v) is 2.18. The van der Waals surface area contributed by atoms with E-state index in [9.17, 15) is 14.7 Å². The highest BCUT2D eigenvalue weighted by Gasteiger charge is 2.22. The lowest BCUT2D eigenvalue weighted by Crippen LogP contribution is -2.42. The van der Waals surface area contributed by atoms with E-state index < -0.39 is 18.1 Å². The number of hydrogen-bond donors (Lipinski definition) is 2. The molecule has 2 rings (SSSR count). The maximum absolute atomic E-state index is 11.8. The maximum atomic E-state index is 11.8. The van der Waals surface area contributed by atoms with Crippen molar-refractivity contribution < 1.29 is 19.4 Å². The summed E-state index contributed by atoms with van der Waals surface area (Å²) in [5.74, 6) is -1.12. The highest BCUT2D eigenvalue weighted by Crippen LogP contribution is 2.09. The number of nitrogens with zero attached hydrogens (tertiary/aromatic N) is 2. The van der Waals surface area contributed by atoms with Crippen LogP contribution in [0.5, 0.6) is 0 Å². The number of carbonyl (C=O) groups is 2. The number of nitrogens with one attached hydrogen (secondary N) is 1. The molecule has 1 amide bonds. The molecule has 1 atom stereocenters. The number of alkyl carbamates (subject to hydrolysis) is 1. The Kier molecular flexibility index (Phi) is 5.35. The van der Waals surface area contributed by atoms with Crippen LogP contribution in [-0.4, -0.2) is 33.0 Å². The largest absolute Gasteiger partial charge is 0.480 e. The Labute approximate surface area is 133 Å². The van der Waals surface area contributed by atoms with Gasteiger partial charge in [0, 0.05) is 19.7 Å². The molecule has 2 aromatic rings. The van der Waals surface area contributed by atoms with E-state index in [4.69, 9.17) is 4.74 Å². The molecule has 23 heavy (non-hydrogen) atoms. The molecule has 0 fully saturated rings. The number of carboxylic acid groups (broad SMARTS) is 1. The van der Waals surface area contributed by atoms with Crippen LogP contribution in [0.15, 0.2) is 36.5 Å². The molecule has 7 nitrogen and oxygen atoms in total. The average Bonchev–Trinajstić information content (AvgIpc) is 2.83. The van der Waals surface area contributed by atoms with Crippen molar-refractivity contribution in [2.75, 3.05) is 0 Å². The van der Waals surface area contributed by atoms with Crippen LogP contribution < -0.4 is 5.32 Å². The van der Waals surface area contributed by atoms with Crippen LogP contribution in [0.4, 0.5) is 4.79 Å². The fourth-order valence-electron chi connectivity index (χ4n) is 2.18. The second-order valence-electron chi connectivity index (χ2n) is 5.21. The predicted octanol–water partition coefficient (Wildman–Crippen LogP) is 1.65. The van der Waals surface area contributed by atoms with Crippen molar-refractivity contribution in [1.29, 1.82) is 0 Å². The molecule has 0 spiro atoms. The lowest BCUT2D eigenvalue weighted by Gasteiger charge is -2.14. The Balaban J connectivity index is 1.92. The third kappa shape index (κ3) is 4.84. The van der Waals surface area contributed by atoms with Gasteiger partial charge in [-0.25, -0.2) is 9.59 Å². The Morgan fingerprint density at radius 3 is 2.61 bits per heavy atom. The van der Waals surface area contributed by atoms with E-state index in [0.717, 1.165) is 16.8 Å². The molecule has 1 aromatic carbocycles. The highest BCUT2D eigenvalue weighted by atomic mass is 16.5. The fraction of sp³-hybridized carbons (Fsp3) is 0.312. The Morgan fingerprint density at radius 1 is 1.35 bits per heavy atom. The molecule has 7 heteroatoms. The number of aromatic nitrogens is 2. The average molecular weight is 317 g/mol. The molecule has 0 bridgehead atoms. The van der Waals surface area contributed by atoms with Crippen LogP contribution in [0.3, 0.4) is 0 Å². The van der Waals surface area contributed by atoms with Crippen molar-refractivity contribution in [3.63, 3.8) is 0 Å². The van der Waals surface area contributed by atoms with E-state index in [-0.39, 0.29) is 13.0 Å². The van der Waals surface area contributed by atoms with Crippen molar-refractivity contribution in [3.05, 3.63) is 53.3 Å². The maximum Gasteiger partial charge on any atom is 0.408 e. The second-order valence-corrected chi connectivity index (χ2v) is 5.21. The topological polar surface area (TPSA) is 93.5 Å². The van der Waals surface area contributed by atoms with Gasteiger partial charge in [0.1, 0.15) is 12.6 Å². The molecule has 1 aromatic heterocycles. The summed E-state index contributed by atoms with van der Waals surface area (Å²) >= 11 is 0. The summed E-state index contributed by atoms with van der Waals surface area (Å²) in [6.07, 6.45) is 1.13. The number of carboxylic acids is 1. The van der Waals surface area contributed by atoms with E-state index in [2.05, 4.69) is 10.4 Å². The third-order valence-electron chi connectivity index (χ3n) is 3.34. The zero-order chi connectivity index (χ0) is 16.8. The normalized spacial score (nSPS) is 11.7. The standard InChI is InChI=1S/C16H19N3O4/c1-11-13(9-19(2)18-11)8-14(15(20)21)17-16(22)23-10-12-6-4-3-5-7-12/h3-7,9,14H,8,10H2,1-2H3,(H,17,22)(H,20,21). The summed E-state index contributed by atoms with van der Waals surface area (Å²) in [5.41, 5.74) is 2.33. The molecule has 122 valence electrons.